The number of aromatic nitrogens is 2. The average Bonchev–Trinajstić information content (AvgIpc) is 4.26. The van der Waals surface area contributed by atoms with E-state index in [1.54, 1.807) is 0 Å². The Morgan fingerprint density at radius 3 is 1.48 bits per heavy atom. The molecule has 0 amide bonds. The summed E-state index contributed by atoms with van der Waals surface area (Å²) in [5, 5.41) is 12.7. The zero-order valence-electron chi connectivity index (χ0n) is 45.8. The fraction of sp³-hybridized carbons (Fsp3) is 0.239. The highest BCUT2D eigenvalue weighted by molar-refractivity contribution is 6.29. The van der Waals surface area contributed by atoms with E-state index in [2.05, 4.69) is 261 Å². The predicted molar refractivity (Wildman–Crippen MR) is 323 cm³/mol. The van der Waals surface area contributed by atoms with Crippen LogP contribution in [0.4, 0.5) is 17.1 Å². The number of hydrogen-bond acceptors (Lipinski definition) is 2. The number of aryl methyl sites for hydroxylation is 1. The fourth-order valence-electron chi connectivity index (χ4n) is 12.7. The molecule has 0 saturated heterocycles. The summed E-state index contributed by atoms with van der Waals surface area (Å²) in [4.78, 5) is 2.46. The number of anilines is 3. The third-order valence-corrected chi connectivity index (χ3v) is 16.8. The van der Waals surface area contributed by atoms with E-state index in [1.165, 1.54) is 115 Å². The number of nitrogens with zero attached hydrogens (tertiary/aromatic N) is 3. The molecule has 0 spiro atoms. The maximum Gasteiger partial charge on any atom is 0.159 e. The summed E-state index contributed by atoms with van der Waals surface area (Å²) in [5.74, 6) is 0. The van der Waals surface area contributed by atoms with Gasteiger partial charge in [-0.25, -0.2) is 0 Å². The Morgan fingerprint density at radius 2 is 0.880 bits per heavy atom. The van der Waals surface area contributed by atoms with Gasteiger partial charge in [0.05, 0.1) is 38.8 Å². The van der Waals surface area contributed by atoms with E-state index in [9.17, 15) is 0 Å². The van der Waals surface area contributed by atoms with E-state index in [0.29, 0.717) is 0 Å². The van der Waals surface area contributed by atoms with Crippen LogP contribution in [0.25, 0.3) is 109 Å². The highest BCUT2D eigenvalue weighted by Crippen LogP contribution is 2.50. The minimum Gasteiger partial charge on any atom is -0.454 e. The smallest absolute Gasteiger partial charge is 0.159 e. The molecular formula is C71H65N3O. The monoisotopic (exact) mass is 976 g/mol. The molecule has 5 aromatic heterocycles. The van der Waals surface area contributed by atoms with Crippen LogP contribution in [-0.2, 0) is 21.7 Å². The number of rotatable bonds is 4. The van der Waals surface area contributed by atoms with Crippen molar-refractivity contribution in [2.45, 2.75) is 112 Å². The van der Waals surface area contributed by atoms with Crippen LogP contribution in [0.3, 0.4) is 0 Å². The summed E-state index contributed by atoms with van der Waals surface area (Å²) in [6.07, 6.45) is 0. The summed E-state index contributed by atoms with van der Waals surface area (Å²) in [6.45, 7) is 30.1. The maximum atomic E-state index is 7.21. The van der Waals surface area contributed by atoms with E-state index in [-0.39, 0.29) is 21.7 Å². The van der Waals surface area contributed by atoms with Gasteiger partial charge in [0.2, 0.25) is 0 Å². The van der Waals surface area contributed by atoms with Crippen LogP contribution in [0.15, 0.2) is 162 Å². The van der Waals surface area contributed by atoms with Gasteiger partial charge in [-0.3, -0.25) is 0 Å². The van der Waals surface area contributed by atoms with Crippen LogP contribution in [0.1, 0.15) is 111 Å². The van der Waals surface area contributed by atoms with E-state index in [1.807, 2.05) is 0 Å². The second-order valence-corrected chi connectivity index (χ2v) is 26.0. The first-order chi connectivity index (χ1) is 35.6. The van der Waals surface area contributed by atoms with Gasteiger partial charge in [0.25, 0.3) is 0 Å². The normalized spacial score (nSPS) is 13.4. The highest BCUT2D eigenvalue weighted by Gasteiger charge is 2.30. The van der Waals surface area contributed by atoms with Gasteiger partial charge in [0, 0.05) is 70.8 Å². The van der Waals surface area contributed by atoms with Crippen LogP contribution < -0.4 is 4.90 Å². The lowest BCUT2D eigenvalue weighted by Crippen LogP contribution is -2.12. The van der Waals surface area contributed by atoms with Crippen molar-refractivity contribution in [1.29, 1.82) is 0 Å². The standard InChI is InChI=1S/C71H65N3O/c1-40-25-26-42(41-19-15-14-16-20-41)31-60(40)72(59-24-18-22-49-48-21-17-23-57(71(11,12)13)66(48)75-67(49)59)46-28-29-47-53-33-44(69(5,6)7)35-55-52-38-62-51(39-63(52)74(64(53)55)61(47)37-46)56-36-45(70(8,9)10)34-54-50-32-43(68(2,3)4)27-30-58(50)73(62)65(54)56/h14-39H,1-13H3. The van der Waals surface area contributed by atoms with Crippen molar-refractivity contribution in [1.82, 2.24) is 8.80 Å². The Hall–Kier alpha value is -7.82. The number of hydrogen-bond donors (Lipinski definition) is 0. The first-order valence-electron chi connectivity index (χ1n) is 27.0. The molecule has 4 heteroatoms. The number of fused-ring (bicyclic) bond motifs is 15. The molecule has 0 aliphatic carbocycles. The van der Waals surface area contributed by atoms with Crippen LogP contribution in [0, 0.1) is 6.92 Å². The van der Waals surface area contributed by atoms with Crippen molar-refractivity contribution in [3.05, 3.63) is 186 Å². The first-order valence-corrected chi connectivity index (χ1v) is 27.0. The summed E-state index contributed by atoms with van der Waals surface area (Å²) in [5.41, 5.74) is 21.2. The molecule has 14 rings (SSSR count). The Balaban J connectivity index is 1.10. The van der Waals surface area contributed by atoms with Crippen molar-refractivity contribution in [3.8, 4) is 11.1 Å². The summed E-state index contributed by atoms with van der Waals surface area (Å²) < 4.78 is 12.4. The van der Waals surface area contributed by atoms with Crippen molar-refractivity contribution in [2.75, 3.05) is 4.90 Å². The highest BCUT2D eigenvalue weighted by atomic mass is 16.3. The molecule has 0 radical (unpaired) electrons. The Kier molecular flexibility index (Phi) is 9.25. The van der Waals surface area contributed by atoms with Crippen LogP contribution in [0.2, 0.25) is 0 Å². The second-order valence-electron chi connectivity index (χ2n) is 26.0. The quantitative estimate of drug-likeness (QED) is 0.176. The zero-order valence-corrected chi connectivity index (χ0v) is 45.8. The zero-order chi connectivity index (χ0) is 52.0. The molecule has 0 unspecified atom stereocenters. The first kappa shape index (κ1) is 45.8. The van der Waals surface area contributed by atoms with Crippen molar-refractivity contribution in [3.63, 3.8) is 0 Å². The SMILES string of the molecule is Cc1ccc(-c2ccccc2)cc1N(c1ccc2c3cc(C(C)(C)C)cc4c5cc6c(cc5n(c2c1)c34)c1cc(C(C)(C)C)cc2c3cc(C(C)(C)C)ccc3n6c21)c1cccc2c1oc1c(C(C)(C)C)cccc12. The number of furan rings is 1. The molecule has 0 aliphatic rings. The average molecular weight is 976 g/mol. The summed E-state index contributed by atoms with van der Waals surface area (Å²) in [7, 11) is 0. The molecule has 75 heavy (non-hydrogen) atoms. The third kappa shape index (κ3) is 6.60. The molecule has 0 atom stereocenters. The van der Waals surface area contributed by atoms with Gasteiger partial charge in [-0.05, 0) is 135 Å². The van der Waals surface area contributed by atoms with E-state index >= 15 is 0 Å². The van der Waals surface area contributed by atoms with E-state index in [0.717, 1.165) is 39.0 Å². The molecule has 4 nitrogen and oxygen atoms in total. The minimum absolute atomic E-state index is 0.0362. The van der Waals surface area contributed by atoms with Crippen molar-refractivity contribution in [2.24, 2.45) is 0 Å². The van der Waals surface area contributed by atoms with Gasteiger partial charge in [-0.2, -0.15) is 0 Å². The molecule has 14 aromatic rings. The number of para-hydroxylation sites is 2. The topological polar surface area (TPSA) is 25.2 Å². The van der Waals surface area contributed by atoms with Crippen LogP contribution in [0.5, 0.6) is 0 Å². The van der Waals surface area contributed by atoms with Gasteiger partial charge in [-0.15, -0.1) is 0 Å². The molecule has 0 N–H and O–H groups in total. The number of benzene rings is 9. The molecule has 370 valence electrons. The van der Waals surface area contributed by atoms with Gasteiger partial charge in [0.15, 0.2) is 5.58 Å². The molecule has 0 bridgehead atoms. The van der Waals surface area contributed by atoms with E-state index in [4.69, 9.17) is 4.42 Å². The molecule has 5 heterocycles. The lowest BCUT2D eigenvalue weighted by atomic mass is 9.84. The van der Waals surface area contributed by atoms with Crippen LogP contribution >= 0.6 is 0 Å². The minimum atomic E-state index is -0.101. The molecule has 0 aliphatic heterocycles. The Bertz CT molecular complexity index is 4680. The second kappa shape index (κ2) is 15.2. The summed E-state index contributed by atoms with van der Waals surface area (Å²) in [6, 6.07) is 60.4. The summed E-state index contributed by atoms with van der Waals surface area (Å²) >= 11 is 0. The lowest BCUT2D eigenvalue weighted by Gasteiger charge is -2.28. The molecule has 9 aromatic carbocycles. The third-order valence-electron chi connectivity index (χ3n) is 16.8. The largest absolute Gasteiger partial charge is 0.454 e. The van der Waals surface area contributed by atoms with E-state index < -0.39 is 0 Å². The Morgan fingerprint density at radius 1 is 0.347 bits per heavy atom. The molecule has 0 saturated carbocycles. The fourth-order valence-corrected chi connectivity index (χ4v) is 12.7. The lowest BCUT2D eigenvalue weighted by molar-refractivity contribution is 0.573. The van der Waals surface area contributed by atoms with Crippen molar-refractivity contribution >= 4 is 115 Å². The molecular weight excluding hydrogens is 911 g/mol. The van der Waals surface area contributed by atoms with Gasteiger partial charge >= 0.3 is 0 Å². The van der Waals surface area contributed by atoms with Gasteiger partial charge < -0.3 is 18.1 Å². The Labute approximate surface area is 439 Å². The van der Waals surface area contributed by atoms with Crippen LogP contribution in [-0.4, -0.2) is 8.80 Å². The van der Waals surface area contributed by atoms with Gasteiger partial charge in [0.1, 0.15) is 5.58 Å². The predicted octanol–water partition coefficient (Wildman–Crippen LogP) is 20.5. The van der Waals surface area contributed by atoms with Crippen molar-refractivity contribution < 1.29 is 4.42 Å². The molecule has 0 fully saturated rings. The van der Waals surface area contributed by atoms with Gasteiger partial charge in [-0.1, -0.05) is 168 Å². The maximum absolute atomic E-state index is 7.21.